The lowest BCUT2D eigenvalue weighted by Gasteiger charge is -2.26. The highest BCUT2D eigenvalue weighted by molar-refractivity contribution is 6.46. The molecule has 1 N–H and O–H groups in total. The number of hydrogen-bond acceptors (Lipinski definition) is 6. The number of ketones is 1. The fourth-order valence-corrected chi connectivity index (χ4v) is 5.40. The van der Waals surface area contributed by atoms with E-state index in [0.29, 0.717) is 35.7 Å². The van der Waals surface area contributed by atoms with Crippen molar-refractivity contribution < 1.29 is 28.9 Å². The van der Waals surface area contributed by atoms with Crippen molar-refractivity contribution in [2.24, 2.45) is 0 Å². The molecule has 1 amide bonds. The summed E-state index contributed by atoms with van der Waals surface area (Å²) in [6, 6.07) is 19.5. The fourth-order valence-electron chi connectivity index (χ4n) is 5.40. The number of likely N-dealkylation sites (tertiary alicyclic amines) is 1. The number of amides is 1. The maximum atomic E-state index is 13.5. The number of aliphatic hydroxyl groups is 1. The molecule has 0 spiro atoms. The minimum absolute atomic E-state index is 0.0408. The molecule has 1 saturated heterocycles. The Balaban J connectivity index is 1.58. The third-order valence-corrected chi connectivity index (χ3v) is 7.41. The van der Waals surface area contributed by atoms with Crippen molar-refractivity contribution in [1.82, 2.24) is 4.90 Å². The molecule has 2 aliphatic rings. The highest BCUT2D eigenvalue weighted by Gasteiger charge is 2.46. The first-order chi connectivity index (χ1) is 19.4. The zero-order valence-electron chi connectivity index (χ0n) is 23.2. The number of methoxy groups -OCH3 is 1. The SMILES string of the molecule is CCCCCOc1ccc([C@@H]2C(=C(O)c3ccc4c(c3)C[C@H](C)O4)C(=O)C(=O)N2Cc2ccccc2)cc1OC. The Bertz CT molecular complexity index is 1430. The number of carbonyl (C=O) groups excluding carboxylic acids is 2. The van der Waals surface area contributed by atoms with E-state index in [9.17, 15) is 14.7 Å². The van der Waals surface area contributed by atoms with E-state index >= 15 is 0 Å². The normalized spacial score (nSPS) is 19.4. The maximum absolute atomic E-state index is 13.5. The van der Waals surface area contributed by atoms with Gasteiger partial charge < -0.3 is 24.2 Å². The number of hydrogen-bond donors (Lipinski definition) is 1. The average Bonchev–Trinajstić information content (AvgIpc) is 3.46. The van der Waals surface area contributed by atoms with Gasteiger partial charge in [-0.05, 0) is 60.4 Å². The zero-order valence-corrected chi connectivity index (χ0v) is 23.2. The van der Waals surface area contributed by atoms with Crippen molar-refractivity contribution in [2.75, 3.05) is 13.7 Å². The van der Waals surface area contributed by atoms with Gasteiger partial charge in [0.05, 0.1) is 25.3 Å². The number of fused-ring (bicyclic) bond motifs is 1. The molecule has 3 aromatic rings. The molecule has 0 radical (unpaired) electrons. The van der Waals surface area contributed by atoms with Crippen LogP contribution in [-0.2, 0) is 22.6 Å². The lowest BCUT2D eigenvalue weighted by molar-refractivity contribution is -0.140. The molecule has 0 aromatic heterocycles. The molecule has 2 aliphatic heterocycles. The van der Waals surface area contributed by atoms with Crippen LogP contribution in [0, 0.1) is 0 Å². The Morgan fingerprint density at radius 3 is 2.58 bits per heavy atom. The first-order valence-corrected chi connectivity index (χ1v) is 13.8. The molecule has 208 valence electrons. The number of aliphatic hydroxyl groups excluding tert-OH is 1. The van der Waals surface area contributed by atoms with E-state index in [1.807, 2.05) is 49.4 Å². The number of unbranched alkanes of at least 4 members (excludes halogenated alkanes) is 2. The lowest BCUT2D eigenvalue weighted by atomic mass is 9.94. The van der Waals surface area contributed by atoms with Crippen molar-refractivity contribution >= 4 is 17.4 Å². The molecule has 7 heteroatoms. The molecule has 1 fully saturated rings. The van der Waals surface area contributed by atoms with Gasteiger partial charge in [-0.15, -0.1) is 0 Å². The number of rotatable bonds is 10. The van der Waals surface area contributed by atoms with Crippen molar-refractivity contribution in [1.29, 1.82) is 0 Å². The smallest absolute Gasteiger partial charge is 0.295 e. The van der Waals surface area contributed by atoms with E-state index < -0.39 is 17.7 Å². The fraction of sp³-hybridized carbons (Fsp3) is 0.333. The number of nitrogens with zero attached hydrogens (tertiary/aromatic N) is 1. The maximum Gasteiger partial charge on any atom is 0.295 e. The minimum Gasteiger partial charge on any atom is -0.507 e. The lowest BCUT2D eigenvalue weighted by Crippen LogP contribution is -2.29. The molecular weight excluding hydrogens is 506 g/mol. The van der Waals surface area contributed by atoms with Crippen LogP contribution in [0.3, 0.4) is 0 Å². The van der Waals surface area contributed by atoms with Crippen LogP contribution >= 0.6 is 0 Å². The molecule has 2 atom stereocenters. The van der Waals surface area contributed by atoms with Crippen LogP contribution in [0.15, 0.2) is 72.3 Å². The molecule has 3 aromatic carbocycles. The van der Waals surface area contributed by atoms with Gasteiger partial charge >= 0.3 is 0 Å². The second-order valence-electron chi connectivity index (χ2n) is 10.3. The summed E-state index contributed by atoms with van der Waals surface area (Å²) in [5.41, 5.74) is 3.00. The molecule has 7 nitrogen and oxygen atoms in total. The Morgan fingerprint density at radius 1 is 1.02 bits per heavy atom. The molecule has 40 heavy (non-hydrogen) atoms. The molecule has 5 rings (SSSR count). The summed E-state index contributed by atoms with van der Waals surface area (Å²) in [7, 11) is 1.56. The minimum atomic E-state index is -0.813. The van der Waals surface area contributed by atoms with Gasteiger partial charge in [0.15, 0.2) is 11.5 Å². The Labute approximate surface area is 235 Å². The van der Waals surface area contributed by atoms with Gasteiger partial charge in [0.1, 0.15) is 17.6 Å². The molecule has 0 aliphatic carbocycles. The second-order valence-corrected chi connectivity index (χ2v) is 10.3. The quantitative estimate of drug-likeness (QED) is 0.142. The van der Waals surface area contributed by atoms with E-state index in [0.717, 1.165) is 36.1 Å². The second kappa shape index (κ2) is 11.9. The summed E-state index contributed by atoms with van der Waals surface area (Å²) in [4.78, 5) is 28.5. The predicted molar refractivity (Wildman–Crippen MR) is 153 cm³/mol. The van der Waals surface area contributed by atoms with E-state index in [-0.39, 0.29) is 24.0 Å². The molecule has 0 bridgehead atoms. The highest BCUT2D eigenvalue weighted by Crippen LogP contribution is 2.43. The predicted octanol–water partition coefficient (Wildman–Crippen LogP) is 6.21. The summed E-state index contributed by atoms with van der Waals surface area (Å²) in [6.07, 6.45) is 3.85. The standard InChI is InChI=1S/C33H35NO6/c1-4-5-9-16-39-27-15-12-23(19-28(27)38-3)30-29(31(35)24-13-14-26-25(18-24)17-21(2)40-26)32(36)33(37)34(30)20-22-10-7-6-8-11-22/h6-8,10-15,18-19,21,30,35H,4-5,9,16-17,20H2,1-3H3/t21-,30+/m0/s1. The summed E-state index contributed by atoms with van der Waals surface area (Å²) in [6.45, 7) is 4.90. The Kier molecular flexibility index (Phi) is 8.10. The van der Waals surface area contributed by atoms with Gasteiger partial charge in [-0.3, -0.25) is 9.59 Å². The van der Waals surface area contributed by atoms with E-state index in [1.54, 1.807) is 31.4 Å². The topological polar surface area (TPSA) is 85.3 Å². The summed E-state index contributed by atoms with van der Waals surface area (Å²) in [5.74, 6) is 0.275. The third kappa shape index (κ3) is 5.41. The van der Waals surface area contributed by atoms with E-state index in [4.69, 9.17) is 14.2 Å². The van der Waals surface area contributed by atoms with Gasteiger partial charge in [0, 0.05) is 18.5 Å². The van der Waals surface area contributed by atoms with Gasteiger partial charge in [-0.1, -0.05) is 56.2 Å². The van der Waals surface area contributed by atoms with Gasteiger partial charge in [-0.25, -0.2) is 0 Å². The van der Waals surface area contributed by atoms with Crippen LogP contribution in [-0.4, -0.2) is 41.5 Å². The number of ether oxygens (including phenoxy) is 3. The molecule has 0 saturated carbocycles. The Hall–Kier alpha value is -4.26. The van der Waals surface area contributed by atoms with Crippen molar-refractivity contribution in [3.05, 3.63) is 94.6 Å². The zero-order chi connectivity index (χ0) is 28.2. The van der Waals surface area contributed by atoms with E-state index in [2.05, 4.69) is 6.92 Å². The van der Waals surface area contributed by atoms with Gasteiger partial charge in [-0.2, -0.15) is 0 Å². The van der Waals surface area contributed by atoms with Crippen molar-refractivity contribution in [2.45, 2.75) is 58.2 Å². The van der Waals surface area contributed by atoms with E-state index in [1.165, 1.54) is 4.90 Å². The molecule has 0 unspecified atom stereocenters. The first kappa shape index (κ1) is 27.3. The summed E-state index contributed by atoms with van der Waals surface area (Å²) < 4.78 is 17.4. The number of carbonyl (C=O) groups is 2. The van der Waals surface area contributed by atoms with Crippen LogP contribution in [0.25, 0.3) is 5.76 Å². The largest absolute Gasteiger partial charge is 0.507 e. The van der Waals surface area contributed by atoms with Crippen LogP contribution in [0.2, 0.25) is 0 Å². The van der Waals surface area contributed by atoms with Crippen LogP contribution in [0.4, 0.5) is 0 Å². The van der Waals surface area contributed by atoms with Gasteiger partial charge in [0.25, 0.3) is 11.7 Å². The summed E-state index contributed by atoms with van der Waals surface area (Å²) in [5, 5.41) is 11.6. The summed E-state index contributed by atoms with van der Waals surface area (Å²) >= 11 is 0. The van der Waals surface area contributed by atoms with Crippen LogP contribution in [0.5, 0.6) is 17.2 Å². The highest BCUT2D eigenvalue weighted by atomic mass is 16.5. The van der Waals surface area contributed by atoms with Crippen LogP contribution in [0.1, 0.15) is 61.4 Å². The van der Waals surface area contributed by atoms with Gasteiger partial charge in [0.2, 0.25) is 0 Å². The van der Waals surface area contributed by atoms with Crippen molar-refractivity contribution in [3.8, 4) is 17.2 Å². The molecule has 2 heterocycles. The monoisotopic (exact) mass is 541 g/mol. The van der Waals surface area contributed by atoms with Crippen LogP contribution < -0.4 is 14.2 Å². The van der Waals surface area contributed by atoms with Crippen molar-refractivity contribution in [3.63, 3.8) is 0 Å². The first-order valence-electron chi connectivity index (χ1n) is 13.8. The third-order valence-electron chi connectivity index (χ3n) is 7.41. The number of benzene rings is 3. The molecular formula is C33H35NO6. The Morgan fingerprint density at radius 2 is 1.82 bits per heavy atom. The number of Topliss-reactive ketones (excluding diaryl/α,β-unsaturated/α-hetero) is 1. The average molecular weight is 542 g/mol.